The Balaban J connectivity index is 1.91. The number of benzene rings is 1. The SMILES string of the molecule is CC(C)CC(NC(=O)C(Cc1ccccc1)NC(=O)CNC(=O)CNC(=O)C1CCCN1)C(=O)O. The molecule has 0 radical (unpaired) electrons. The monoisotopic (exact) mass is 489 g/mol. The highest BCUT2D eigenvalue weighted by Gasteiger charge is 2.27. The lowest BCUT2D eigenvalue weighted by Crippen LogP contribution is -2.54. The molecule has 4 amide bonds. The van der Waals surface area contributed by atoms with Crippen molar-refractivity contribution in [3.63, 3.8) is 0 Å². The molecule has 3 unspecified atom stereocenters. The average Bonchev–Trinajstić information content (AvgIpc) is 3.36. The second kappa shape index (κ2) is 14.1. The van der Waals surface area contributed by atoms with Gasteiger partial charge in [-0.05, 0) is 37.3 Å². The third-order valence-corrected chi connectivity index (χ3v) is 5.50. The second-order valence-electron chi connectivity index (χ2n) is 8.98. The summed E-state index contributed by atoms with van der Waals surface area (Å²) in [5.74, 6) is -3.17. The number of carboxylic acids is 1. The summed E-state index contributed by atoms with van der Waals surface area (Å²) in [6.07, 6.45) is 1.99. The van der Waals surface area contributed by atoms with E-state index in [9.17, 15) is 29.1 Å². The highest BCUT2D eigenvalue weighted by molar-refractivity contribution is 5.93. The Labute approximate surface area is 204 Å². The van der Waals surface area contributed by atoms with Gasteiger partial charge in [-0.1, -0.05) is 44.2 Å². The minimum atomic E-state index is -1.15. The van der Waals surface area contributed by atoms with Gasteiger partial charge in [0.1, 0.15) is 12.1 Å². The van der Waals surface area contributed by atoms with Gasteiger partial charge in [-0.2, -0.15) is 0 Å². The molecule has 1 saturated heterocycles. The van der Waals surface area contributed by atoms with Crippen molar-refractivity contribution in [3.8, 4) is 0 Å². The fraction of sp³-hybridized carbons (Fsp3) is 0.542. The number of carboxylic acid groups (broad SMARTS) is 1. The maximum absolute atomic E-state index is 12.9. The number of aliphatic carboxylic acids is 1. The van der Waals surface area contributed by atoms with Crippen molar-refractivity contribution in [3.05, 3.63) is 35.9 Å². The van der Waals surface area contributed by atoms with Gasteiger partial charge in [-0.3, -0.25) is 19.2 Å². The Morgan fingerprint density at radius 3 is 2.26 bits per heavy atom. The van der Waals surface area contributed by atoms with E-state index in [0.717, 1.165) is 18.5 Å². The Kier molecular flexibility index (Phi) is 11.1. The van der Waals surface area contributed by atoms with E-state index >= 15 is 0 Å². The molecule has 11 nitrogen and oxygen atoms in total. The minimum absolute atomic E-state index is 0.0405. The molecule has 1 fully saturated rings. The molecule has 192 valence electrons. The first-order valence-electron chi connectivity index (χ1n) is 11.8. The Hall–Kier alpha value is -3.47. The molecule has 35 heavy (non-hydrogen) atoms. The molecular weight excluding hydrogens is 454 g/mol. The van der Waals surface area contributed by atoms with E-state index in [1.54, 1.807) is 24.3 Å². The predicted octanol–water partition coefficient (Wildman–Crippen LogP) is -0.686. The number of carbonyl (C=O) groups is 5. The normalized spacial score (nSPS) is 16.7. The molecule has 1 aliphatic rings. The first-order chi connectivity index (χ1) is 16.7. The van der Waals surface area contributed by atoms with Crippen LogP contribution in [0, 0.1) is 5.92 Å². The fourth-order valence-electron chi connectivity index (χ4n) is 3.71. The van der Waals surface area contributed by atoms with E-state index < -0.39 is 42.3 Å². The van der Waals surface area contributed by atoms with Gasteiger partial charge in [-0.25, -0.2) is 4.79 Å². The zero-order valence-electron chi connectivity index (χ0n) is 20.1. The molecule has 0 saturated carbocycles. The van der Waals surface area contributed by atoms with Crippen LogP contribution in [0.3, 0.4) is 0 Å². The summed E-state index contributed by atoms with van der Waals surface area (Å²) >= 11 is 0. The van der Waals surface area contributed by atoms with Gasteiger partial charge in [-0.15, -0.1) is 0 Å². The van der Waals surface area contributed by atoms with Crippen LogP contribution in [0.15, 0.2) is 30.3 Å². The maximum atomic E-state index is 12.9. The van der Waals surface area contributed by atoms with Crippen LogP contribution in [-0.2, 0) is 30.4 Å². The minimum Gasteiger partial charge on any atom is -0.480 e. The summed E-state index contributed by atoms with van der Waals surface area (Å²) in [6.45, 7) is 3.78. The van der Waals surface area contributed by atoms with Crippen LogP contribution in [-0.4, -0.2) is 72.5 Å². The topological polar surface area (TPSA) is 166 Å². The molecule has 11 heteroatoms. The van der Waals surface area contributed by atoms with E-state index in [-0.39, 0.29) is 37.3 Å². The smallest absolute Gasteiger partial charge is 0.326 e. The number of hydrogen-bond acceptors (Lipinski definition) is 6. The van der Waals surface area contributed by atoms with E-state index in [1.807, 2.05) is 19.9 Å². The van der Waals surface area contributed by atoms with Crippen molar-refractivity contribution in [2.24, 2.45) is 5.92 Å². The number of nitrogens with one attached hydrogen (secondary N) is 5. The zero-order chi connectivity index (χ0) is 25.8. The average molecular weight is 490 g/mol. The summed E-state index contributed by atoms with van der Waals surface area (Å²) in [4.78, 5) is 60.9. The summed E-state index contributed by atoms with van der Waals surface area (Å²) in [7, 11) is 0. The van der Waals surface area contributed by atoms with E-state index in [4.69, 9.17) is 0 Å². The van der Waals surface area contributed by atoms with Crippen LogP contribution in [0.25, 0.3) is 0 Å². The molecule has 1 aromatic carbocycles. The van der Waals surface area contributed by atoms with Crippen molar-refractivity contribution in [1.29, 1.82) is 0 Å². The van der Waals surface area contributed by atoms with E-state index in [1.165, 1.54) is 0 Å². The number of amides is 4. The van der Waals surface area contributed by atoms with Crippen LogP contribution in [0.5, 0.6) is 0 Å². The van der Waals surface area contributed by atoms with Crippen molar-refractivity contribution < 1.29 is 29.1 Å². The predicted molar refractivity (Wildman–Crippen MR) is 128 cm³/mol. The molecule has 0 spiro atoms. The van der Waals surface area contributed by atoms with Crippen molar-refractivity contribution in [2.45, 2.75) is 57.7 Å². The van der Waals surface area contributed by atoms with Crippen LogP contribution >= 0.6 is 0 Å². The van der Waals surface area contributed by atoms with Gasteiger partial charge in [0.05, 0.1) is 19.1 Å². The van der Waals surface area contributed by atoms with Gasteiger partial charge in [0.25, 0.3) is 0 Å². The highest BCUT2D eigenvalue weighted by Crippen LogP contribution is 2.08. The number of carbonyl (C=O) groups excluding carboxylic acids is 4. The Bertz CT molecular complexity index is 886. The molecule has 1 heterocycles. The van der Waals surface area contributed by atoms with Crippen molar-refractivity contribution >= 4 is 29.6 Å². The van der Waals surface area contributed by atoms with Gasteiger partial charge >= 0.3 is 5.97 Å². The quantitative estimate of drug-likeness (QED) is 0.213. The maximum Gasteiger partial charge on any atom is 0.326 e. The molecule has 1 aliphatic heterocycles. The first-order valence-corrected chi connectivity index (χ1v) is 11.8. The molecule has 0 aliphatic carbocycles. The molecule has 3 atom stereocenters. The van der Waals surface area contributed by atoms with Gasteiger partial charge < -0.3 is 31.7 Å². The van der Waals surface area contributed by atoms with Crippen LogP contribution < -0.4 is 26.6 Å². The molecule has 0 bridgehead atoms. The van der Waals surface area contributed by atoms with E-state index in [2.05, 4.69) is 26.6 Å². The Morgan fingerprint density at radius 1 is 0.971 bits per heavy atom. The Morgan fingerprint density at radius 2 is 1.66 bits per heavy atom. The molecule has 2 rings (SSSR count). The van der Waals surface area contributed by atoms with Gasteiger partial charge in [0.2, 0.25) is 23.6 Å². The largest absolute Gasteiger partial charge is 0.480 e. The molecule has 1 aromatic rings. The number of hydrogen-bond donors (Lipinski definition) is 6. The van der Waals surface area contributed by atoms with E-state index in [0.29, 0.717) is 6.42 Å². The third kappa shape index (κ3) is 10.1. The fourth-order valence-corrected chi connectivity index (χ4v) is 3.71. The second-order valence-corrected chi connectivity index (χ2v) is 8.98. The molecule has 0 aromatic heterocycles. The third-order valence-electron chi connectivity index (χ3n) is 5.50. The van der Waals surface area contributed by atoms with Gasteiger partial charge in [0.15, 0.2) is 0 Å². The lowest BCUT2D eigenvalue weighted by atomic mass is 10.0. The standard InChI is InChI=1S/C24H35N5O6/c1-15(2)11-19(24(34)35)29-23(33)18(12-16-7-4-3-5-8-16)28-21(31)14-26-20(30)13-27-22(32)17-9-6-10-25-17/h3-5,7-8,15,17-19,25H,6,9-14H2,1-2H3,(H,26,30)(H,27,32)(H,28,31)(H,29,33)(H,34,35). The summed E-state index contributed by atoms with van der Waals surface area (Å²) in [6, 6.07) is 6.55. The summed E-state index contributed by atoms with van der Waals surface area (Å²) < 4.78 is 0. The lowest BCUT2D eigenvalue weighted by Gasteiger charge is -2.22. The molecule has 6 N–H and O–H groups in total. The van der Waals surface area contributed by atoms with Crippen LogP contribution in [0.1, 0.15) is 38.7 Å². The number of rotatable bonds is 13. The van der Waals surface area contributed by atoms with Crippen LogP contribution in [0.2, 0.25) is 0 Å². The van der Waals surface area contributed by atoms with Gasteiger partial charge in [0, 0.05) is 6.42 Å². The highest BCUT2D eigenvalue weighted by atomic mass is 16.4. The zero-order valence-corrected chi connectivity index (χ0v) is 20.1. The first kappa shape index (κ1) is 27.8. The summed E-state index contributed by atoms with van der Waals surface area (Å²) in [5, 5.41) is 22.5. The summed E-state index contributed by atoms with van der Waals surface area (Å²) in [5.41, 5.74) is 0.774. The lowest BCUT2D eigenvalue weighted by molar-refractivity contribution is -0.142. The van der Waals surface area contributed by atoms with Crippen molar-refractivity contribution in [1.82, 2.24) is 26.6 Å². The molecular formula is C24H35N5O6. The van der Waals surface area contributed by atoms with Crippen molar-refractivity contribution in [2.75, 3.05) is 19.6 Å². The van der Waals surface area contributed by atoms with Crippen LogP contribution in [0.4, 0.5) is 0 Å².